The number of imidazole rings is 1. The van der Waals surface area contributed by atoms with E-state index in [1.165, 1.54) is 0 Å². The van der Waals surface area contributed by atoms with E-state index in [1.807, 2.05) is 29.8 Å². The van der Waals surface area contributed by atoms with Crippen LogP contribution in [-0.2, 0) is 31.2 Å². The quantitative estimate of drug-likeness (QED) is 0.781. The highest BCUT2D eigenvalue weighted by Gasteiger charge is 2.22. The van der Waals surface area contributed by atoms with Gasteiger partial charge in [0.1, 0.15) is 18.0 Å². The number of aryl methyl sites for hydroxylation is 3. The van der Waals surface area contributed by atoms with Crippen LogP contribution >= 0.6 is 0 Å². The normalized spacial score (nSPS) is 17.2. The molecular formula is C18H22N6O. The Morgan fingerprint density at radius 3 is 3.08 bits per heavy atom. The predicted molar refractivity (Wildman–Crippen MR) is 93.9 cm³/mol. The highest BCUT2D eigenvalue weighted by atomic mass is 16.1. The van der Waals surface area contributed by atoms with Crippen molar-refractivity contribution in [1.29, 1.82) is 0 Å². The van der Waals surface area contributed by atoms with Crippen LogP contribution in [0.5, 0.6) is 0 Å². The molecule has 3 heterocycles. The molecule has 1 unspecified atom stereocenters. The van der Waals surface area contributed by atoms with E-state index in [9.17, 15) is 4.79 Å². The van der Waals surface area contributed by atoms with Gasteiger partial charge < -0.3 is 14.5 Å². The molecule has 0 fully saturated rings. The predicted octanol–water partition coefficient (Wildman–Crippen LogP) is 1.48. The highest BCUT2D eigenvalue weighted by molar-refractivity contribution is 5.78. The fraction of sp³-hybridized carbons (Fsp3) is 0.444. The molecule has 0 radical (unpaired) electrons. The minimum absolute atomic E-state index is 0.0437. The van der Waals surface area contributed by atoms with Crippen molar-refractivity contribution in [2.24, 2.45) is 13.0 Å². The van der Waals surface area contributed by atoms with Crippen molar-refractivity contribution in [3.05, 3.63) is 42.2 Å². The van der Waals surface area contributed by atoms with Gasteiger partial charge in [0.15, 0.2) is 0 Å². The molecule has 0 spiro atoms. The Morgan fingerprint density at radius 2 is 2.20 bits per heavy atom. The molecule has 25 heavy (non-hydrogen) atoms. The van der Waals surface area contributed by atoms with Crippen LogP contribution in [0.4, 0.5) is 0 Å². The number of amides is 1. The number of para-hydroxylation sites is 2. The number of rotatable bonds is 4. The Balaban J connectivity index is 1.33. The minimum atomic E-state index is 0.0437. The molecule has 7 nitrogen and oxygen atoms in total. The number of carbonyl (C=O) groups excluding carboxylic acids is 1. The Bertz CT molecular complexity index is 873. The van der Waals surface area contributed by atoms with Gasteiger partial charge in [-0.2, -0.15) is 0 Å². The molecule has 1 N–H and O–H groups in total. The van der Waals surface area contributed by atoms with E-state index < -0.39 is 0 Å². The average molecular weight is 338 g/mol. The van der Waals surface area contributed by atoms with E-state index >= 15 is 0 Å². The van der Waals surface area contributed by atoms with Gasteiger partial charge in [0, 0.05) is 38.9 Å². The maximum atomic E-state index is 12.5. The summed E-state index contributed by atoms with van der Waals surface area (Å²) in [5.41, 5.74) is 2.12. The Kier molecular flexibility index (Phi) is 4.21. The zero-order valence-corrected chi connectivity index (χ0v) is 14.4. The highest BCUT2D eigenvalue weighted by Crippen LogP contribution is 2.19. The smallest absolute Gasteiger partial charge is 0.223 e. The largest absolute Gasteiger partial charge is 0.355 e. The molecule has 2 aromatic heterocycles. The number of hydrogen-bond donors (Lipinski definition) is 1. The third kappa shape index (κ3) is 3.14. The fourth-order valence-electron chi connectivity index (χ4n) is 3.52. The van der Waals surface area contributed by atoms with Gasteiger partial charge in [0.25, 0.3) is 0 Å². The first kappa shape index (κ1) is 15.8. The van der Waals surface area contributed by atoms with Gasteiger partial charge in [0.05, 0.1) is 11.0 Å². The third-order valence-corrected chi connectivity index (χ3v) is 5.03. The molecule has 7 heteroatoms. The molecule has 1 atom stereocenters. The summed E-state index contributed by atoms with van der Waals surface area (Å²) in [6.45, 7) is 1.42. The first-order chi connectivity index (χ1) is 12.2. The molecule has 1 aliphatic heterocycles. The number of nitrogens with one attached hydrogen (secondary N) is 1. The summed E-state index contributed by atoms with van der Waals surface area (Å²) < 4.78 is 4.14. The van der Waals surface area contributed by atoms with Gasteiger partial charge in [-0.15, -0.1) is 10.2 Å². The maximum absolute atomic E-state index is 12.5. The summed E-state index contributed by atoms with van der Waals surface area (Å²) in [6, 6.07) is 8.09. The van der Waals surface area contributed by atoms with Crippen molar-refractivity contribution in [1.82, 2.24) is 29.6 Å². The molecule has 0 aliphatic carbocycles. The zero-order chi connectivity index (χ0) is 17.2. The number of carbonyl (C=O) groups is 1. The summed E-state index contributed by atoms with van der Waals surface area (Å²) in [6.07, 6.45) is 4.96. The van der Waals surface area contributed by atoms with Crippen LogP contribution in [0, 0.1) is 5.92 Å². The Morgan fingerprint density at radius 1 is 1.32 bits per heavy atom. The van der Waals surface area contributed by atoms with Crippen LogP contribution in [0.2, 0.25) is 0 Å². The summed E-state index contributed by atoms with van der Waals surface area (Å²) in [4.78, 5) is 17.1. The van der Waals surface area contributed by atoms with Gasteiger partial charge in [-0.25, -0.2) is 4.98 Å². The van der Waals surface area contributed by atoms with E-state index in [2.05, 4.69) is 31.1 Å². The van der Waals surface area contributed by atoms with Crippen molar-refractivity contribution >= 4 is 16.9 Å². The van der Waals surface area contributed by atoms with Crippen molar-refractivity contribution < 1.29 is 4.79 Å². The van der Waals surface area contributed by atoms with Crippen LogP contribution < -0.4 is 5.32 Å². The fourth-order valence-corrected chi connectivity index (χ4v) is 3.52. The molecule has 130 valence electrons. The molecule has 3 aromatic rings. The monoisotopic (exact) mass is 338 g/mol. The molecule has 1 aliphatic rings. The van der Waals surface area contributed by atoms with Gasteiger partial charge in [-0.05, 0) is 25.0 Å². The zero-order valence-electron chi connectivity index (χ0n) is 14.4. The van der Waals surface area contributed by atoms with Gasteiger partial charge in [-0.1, -0.05) is 12.1 Å². The molecule has 1 amide bonds. The van der Waals surface area contributed by atoms with Gasteiger partial charge >= 0.3 is 0 Å². The standard InChI is InChI=1S/C18H22N6O/c1-23-15-5-3-2-4-14(15)21-16(23)8-10-19-18(25)13-6-7-17-22-20-12-24(17)11-9-13/h2-5,12-13H,6-11H2,1H3,(H,19,25). The number of nitrogens with zero attached hydrogens (tertiary/aromatic N) is 5. The second kappa shape index (κ2) is 6.66. The van der Waals surface area contributed by atoms with E-state index in [0.717, 1.165) is 54.9 Å². The SMILES string of the molecule is Cn1c(CCNC(=O)C2CCc3nncn3CC2)nc2ccccc21. The number of hydrogen-bond acceptors (Lipinski definition) is 4. The van der Waals surface area contributed by atoms with Crippen molar-refractivity contribution in [2.75, 3.05) is 6.54 Å². The first-order valence-electron chi connectivity index (χ1n) is 8.77. The number of fused-ring (bicyclic) bond motifs is 2. The van der Waals surface area contributed by atoms with Crippen LogP contribution in [0.3, 0.4) is 0 Å². The lowest BCUT2D eigenvalue weighted by Crippen LogP contribution is -2.33. The minimum Gasteiger partial charge on any atom is -0.355 e. The molecule has 0 saturated carbocycles. The van der Waals surface area contributed by atoms with Crippen LogP contribution in [0.25, 0.3) is 11.0 Å². The topological polar surface area (TPSA) is 77.6 Å². The average Bonchev–Trinajstić information content (AvgIpc) is 3.14. The van der Waals surface area contributed by atoms with Crippen LogP contribution in [0.15, 0.2) is 30.6 Å². The molecular weight excluding hydrogens is 316 g/mol. The molecule has 4 rings (SSSR count). The second-order valence-electron chi connectivity index (χ2n) is 6.58. The van der Waals surface area contributed by atoms with Crippen molar-refractivity contribution in [2.45, 2.75) is 32.2 Å². The summed E-state index contributed by atoms with van der Waals surface area (Å²) >= 11 is 0. The van der Waals surface area contributed by atoms with E-state index in [1.54, 1.807) is 6.33 Å². The van der Waals surface area contributed by atoms with Gasteiger partial charge in [0.2, 0.25) is 5.91 Å². The Hall–Kier alpha value is -2.70. The number of benzene rings is 1. The lowest BCUT2D eigenvalue weighted by molar-refractivity contribution is -0.125. The van der Waals surface area contributed by atoms with Crippen LogP contribution in [-0.4, -0.2) is 36.8 Å². The van der Waals surface area contributed by atoms with E-state index in [4.69, 9.17) is 0 Å². The molecule has 0 bridgehead atoms. The summed E-state index contributed by atoms with van der Waals surface area (Å²) in [5, 5.41) is 11.1. The molecule has 0 saturated heterocycles. The Labute approximate surface area is 146 Å². The maximum Gasteiger partial charge on any atom is 0.223 e. The van der Waals surface area contributed by atoms with E-state index in [-0.39, 0.29) is 11.8 Å². The number of aromatic nitrogens is 5. The third-order valence-electron chi connectivity index (χ3n) is 5.03. The first-order valence-corrected chi connectivity index (χ1v) is 8.77. The summed E-state index contributed by atoms with van der Waals surface area (Å²) in [5.74, 6) is 2.16. The lowest BCUT2D eigenvalue weighted by Gasteiger charge is -2.13. The van der Waals surface area contributed by atoms with Gasteiger partial charge in [-0.3, -0.25) is 4.79 Å². The van der Waals surface area contributed by atoms with E-state index in [0.29, 0.717) is 6.54 Å². The summed E-state index contributed by atoms with van der Waals surface area (Å²) in [7, 11) is 2.02. The van der Waals surface area contributed by atoms with Crippen molar-refractivity contribution in [3.63, 3.8) is 0 Å². The lowest BCUT2D eigenvalue weighted by atomic mass is 9.99. The molecule has 1 aromatic carbocycles. The van der Waals surface area contributed by atoms with Crippen molar-refractivity contribution in [3.8, 4) is 0 Å². The second-order valence-corrected chi connectivity index (χ2v) is 6.58. The van der Waals surface area contributed by atoms with Crippen LogP contribution in [0.1, 0.15) is 24.5 Å².